The molecule has 0 spiro atoms. The predicted molar refractivity (Wildman–Crippen MR) is 78.1 cm³/mol. The van der Waals surface area contributed by atoms with E-state index in [-0.39, 0.29) is 5.75 Å². The van der Waals surface area contributed by atoms with E-state index in [2.05, 4.69) is 9.97 Å². The van der Waals surface area contributed by atoms with Gasteiger partial charge < -0.3 is 14.8 Å². The first-order valence-corrected chi connectivity index (χ1v) is 6.58. The number of ether oxygens (including phenoxy) is 1. The number of nitrogens with one attached hydrogen (secondary N) is 1. The maximum atomic E-state index is 9.42. The lowest BCUT2D eigenvalue weighted by atomic mass is 10.2. The van der Waals surface area contributed by atoms with Crippen LogP contribution in [0.4, 0.5) is 0 Å². The highest BCUT2D eigenvalue weighted by atomic mass is 16.5. The number of hydrogen-bond donors (Lipinski definition) is 2. The minimum atomic E-state index is 0.240. The van der Waals surface area contributed by atoms with Gasteiger partial charge in [-0.25, -0.2) is 4.98 Å². The largest absolute Gasteiger partial charge is 0.508 e. The van der Waals surface area contributed by atoms with Crippen LogP contribution in [0.25, 0.3) is 11.0 Å². The van der Waals surface area contributed by atoms with Crippen molar-refractivity contribution in [3.63, 3.8) is 0 Å². The smallest absolute Gasteiger partial charge is 0.122 e. The van der Waals surface area contributed by atoms with Crippen LogP contribution in [0, 0.1) is 6.92 Å². The molecular weight excluding hydrogens is 252 g/mol. The highest BCUT2D eigenvalue weighted by molar-refractivity contribution is 5.76. The van der Waals surface area contributed by atoms with E-state index in [9.17, 15) is 5.11 Å². The highest BCUT2D eigenvalue weighted by Gasteiger charge is 2.04. The number of imidazole rings is 1. The Bertz CT molecular complexity index is 734. The first kappa shape index (κ1) is 12.5. The zero-order chi connectivity index (χ0) is 13.9. The van der Waals surface area contributed by atoms with Gasteiger partial charge in [0.25, 0.3) is 0 Å². The molecule has 1 aromatic heterocycles. The maximum absolute atomic E-state index is 9.42. The molecule has 1 heterocycles. The van der Waals surface area contributed by atoms with Crippen LogP contribution in [-0.2, 0) is 6.42 Å². The third kappa shape index (κ3) is 2.59. The van der Waals surface area contributed by atoms with E-state index in [1.165, 1.54) is 0 Å². The molecule has 0 aliphatic carbocycles. The zero-order valence-corrected chi connectivity index (χ0v) is 11.3. The van der Waals surface area contributed by atoms with Crippen LogP contribution in [0.15, 0.2) is 42.5 Å². The molecule has 3 rings (SSSR count). The number of para-hydroxylation sites is 1. The molecule has 20 heavy (non-hydrogen) atoms. The van der Waals surface area contributed by atoms with Crippen molar-refractivity contribution in [3.05, 3.63) is 53.9 Å². The number of aryl methyl sites for hydroxylation is 1. The summed E-state index contributed by atoms with van der Waals surface area (Å²) in [5.74, 6) is 2.00. The molecule has 2 N–H and O–H groups in total. The number of fused-ring (bicyclic) bond motifs is 1. The average molecular weight is 268 g/mol. The number of hydrogen-bond acceptors (Lipinski definition) is 3. The third-order valence-corrected chi connectivity index (χ3v) is 3.20. The standard InChI is InChI=1S/C16H16N2O2/c1-11-4-2-3-5-15(11)20-9-8-16-17-13-7-6-12(19)10-14(13)18-16/h2-7,10,19H,8-9H2,1H3,(H,17,18). The molecule has 4 heteroatoms. The van der Waals surface area contributed by atoms with Gasteiger partial charge in [0.05, 0.1) is 17.6 Å². The van der Waals surface area contributed by atoms with E-state index in [1.54, 1.807) is 18.2 Å². The quantitative estimate of drug-likeness (QED) is 0.764. The minimum absolute atomic E-state index is 0.240. The molecular formula is C16H16N2O2. The molecule has 4 nitrogen and oxygen atoms in total. The monoisotopic (exact) mass is 268 g/mol. The average Bonchev–Trinajstić information content (AvgIpc) is 2.83. The zero-order valence-electron chi connectivity index (χ0n) is 11.3. The second-order valence-corrected chi connectivity index (χ2v) is 4.75. The van der Waals surface area contributed by atoms with Crippen LogP contribution in [0.3, 0.4) is 0 Å². The lowest BCUT2D eigenvalue weighted by Crippen LogP contribution is -2.03. The maximum Gasteiger partial charge on any atom is 0.122 e. The summed E-state index contributed by atoms with van der Waals surface area (Å²) in [4.78, 5) is 7.65. The van der Waals surface area contributed by atoms with Crippen molar-refractivity contribution in [2.24, 2.45) is 0 Å². The lowest BCUT2D eigenvalue weighted by Gasteiger charge is -2.07. The van der Waals surface area contributed by atoms with Gasteiger partial charge in [0.15, 0.2) is 0 Å². The number of nitrogens with zero attached hydrogens (tertiary/aromatic N) is 1. The van der Waals surface area contributed by atoms with Crippen molar-refractivity contribution in [3.8, 4) is 11.5 Å². The van der Waals surface area contributed by atoms with Gasteiger partial charge in [0.2, 0.25) is 0 Å². The second kappa shape index (κ2) is 5.25. The topological polar surface area (TPSA) is 58.1 Å². The summed E-state index contributed by atoms with van der Waals surface area (Å²) < 4.78 is 5.75. The summed E-state index contributed by atoms with van der Waals surface area (Å²) >= 11 is 0. The SMILES string of the molecule is Cc1ccccc1OCCc1nc2ccc(O)cc2[nH]1. The Morgan fingerprint density at radius 1 is 1.20 bits per heavy atom. The van der Waals surface area contributed by atoms with Crippen LogP contribution in [0.2, 0.25) is 0 Å². The molecule has 2 aromatic carbocycles. The van der Waals surface area contributed by atoms with Crippen LogP contribution < -0.4 is 4.74 Å². The lowest BCUT2D eigenvalue weighted by molar-refractivity contribution is 0.317. The van der Waals surface area contributed by atoms with E-state index >= 15 is 0 Å². The molecule has 0 amide bonds. The number of aromatic nitrogens is 2. The molecule has 0 unspecified atom stereocenters. The Morgan fingerprint density at radius 2 is 2.05 bits per heavy atom. The van der Waals surface area contributed by atoms with E-state index in [0.717, 1.165) is 28.2 Å². The molecule has 3 aromatic rings. The minimum Gasteiger partial charge on any atom is -0.508 e. The van der Waals surface area contributed by atoms with Crippen LogP contribution in [0.1, 0.15) is 11.4 Å². The number of aromatic amines is 1. The summed E-state index contributed by atoms with van der Waals surface area (Å²) in [5, 5.41) is 9.42. The van der Waals surface area contributed by atoms with Crippen LogP contribution >= 0.6 is 0 Å². The first-order valence-electron chi connectivity index (χ1n) is 6.58. The number of rotatable bonds is 4. The summed E-state index contributed by atoms with van der Waals surface area (Å²) in [6, 6.07) is 13.1. The van der Waals surface area contributed by atoms with Crippen molar-refractivity contribution in [1.82, 2.24) is 9.97 Å². The van der Waals surface area contributed by atoms with Crippen LogP contribution in [0.5, 0.6) is 11.5 Å². The van der Waals surface area contributed by atoms with Crippen molar-refractivity contribution in [2.75, 3.05) is 6.61 Å². The Labute approximate surface area is 117 Å². The molecule has 0 saturated heterocycles. The van der Waals surface area contributed by atoms with Crippen molar-refractivity contribution < 1.29 is 9.84 Å². The summed E-state index contributed by atoms with van der Waals surface area (Å²) in [7, 11) is 0. The van der Waals surface area contributed by atoms with Gasteiger partial charge in [-0.1, -0.05) is 18.2 Å². The van der Waals surface area contributed by atoms with Crippen LogP contribution in [-0.4, -0.2) is 21.7 Å². The number of aromatic hydroxyl groups is 1. The summed E-state index contributed by atoms with van der Waals surface area (Å²) in [6.07, 6.45) is 0.698. The van der Waals surface area contributed by atoms with Gasteiger partial charge in [-0.2, -0.15) is 0 Å². The molecule has 102 valence electrons. The fraction of sp³-hybridized carbons (Fsp3) is 0.188. The second-order valence-electron chi connectivity index (χ2n) is 4.75. The van der Waals surface area contributed by atoms with E-state index < -0.39 is 0 Å². The fourth-order valence-electron chi connectivity index (χ4n) is 2.14. The van der Waals surface area contributed by atoms with E-state index in [1.807, 2.05) is 31.2 Å². The Kier molecular flexibility index (Phi) is 3.29. The molecule has 0 aliphatic rings. The summed E-state index contributed by atoms with van der Waals surface area (Å²) in [6.45, 7) is 2.59. The first-order chi connectivity index (χ1) is 9.72. The molecule has 0 aliphatic heterocycles. The number of phenolic OH excluding ortho intramolecular Hbond substituents is 1. The van der Waals surface area contributed by atoms with Crippen molar-refractivity contribution in [2.45, 2.75) is 13.3 Å². The highest BCUT2D eigenvalue weighted by Crippen LogP contribution is 2.19. The molecule has 0 atom stereocenters. The number of phenols is 1. The van der Waals surface area contributed by atoms with Gasteiger partial charge >= 0.3 is 0 Å². The Balaban J connectivity index is 1.67. The van der Waals surface area contributed by atoms with E-state index in [0.29, 0.717) is 13.0 Å². The third-order valence-electron chi connectivity index (χ3n) is 3.20. The predicted octanol–water partition coefficient (Wildman–Crippen LogP) is 3.20. The molecule has 0 radical (unpaired) electrons. The number of H-pyrrole nitrogens is 1. The summed E-state index contributed by atoms with van der Waals surface area (Å²) in [5.41, 5.74) is 2.83. The normalized spacial score (nSPS) is 10.8. The van der Waals surface area contributed by atoms with Gasteiger partial charge in [-0.15, -0.1) is 0 Å². The van der Waals surface area contributed by atoms with Crippen molar-refractivity contribution >= 4 is 11.0 Å². The van der Waals surface area contributed by atoms with Crippen molar-refractivity contribution in [1.29, 1.82) is 0 Å². The van der Waals surface area contributed by atoms with E-state index in [4.69, 9.17) is 4.74 Å². The van der Waals surface area contributed by atoms with Gasteiger partial charge in [-0.05, 0) is 30.7 Å². The fourth-order valence-corrected chi connectivity index (χ4v) is 2.14. The molecule has 0 bridgehead atoms. The molecule has 0 saturated carbocycles. The Hall–Kier alpha value is -2.49. The molecule has 0 fully saturated rings. The number of benzene rings is 2. The Morgan fingerprint density at radius 3 is 2.90 bits per heavy atom. The van der Waals surface area contributed by atoms with Gasteiger partial charge in [-0.3, -0.25) is 0 Å². The van der Waals surface area contributed by atoms with Gasteiger partial charge in [0.1, 0.15) is 17.3 Å². The van der Waals surface area contributed by atoms with Gasteiger partial charge in [0, 0.05) is 12.5 Å².